The van der Waals surface area contributed by atoms with Crippen LogP contribution in [0.2, 0.25) is 0 Å². The Morgan fingerprint density at radius 2 is 0.770 bits per heavy atom. The van der Waals surface area contributed by atoms with Gasteiger partial charge in [-0.05, 0) is 83.5 Å². The van der Waals surface area contributed by atoms with Crippen molar-refractivity contribution < 1.29 is 42.1 Å². The number of phosphoric acid groups is 1. The SMILES string of the molecule is CC/C=C\C/C=C\C/C=C\C/C=C\C/C=C\C/C=C\CCCCCCCCCCCCCCCCCCCCCCC(=O)OC(COC(=O)CCCCCCC/C=C\CCCC)COP(=O)(O)OCC[N+](C)(C)C. The zero-order valence-electron chi connectivity index (χ0n) is 48.6. The number of rotatable bonds is 55. The molecular weight excluding hydrogens is 942 g/mol. The van der Waals surface area contributed by atoms with Crippen LogP contribution in [0, 0.1) is 0 Å². The Morgan fingerprint density at radius 1 is 0.432 bits per heavy atom. The van der Waals surface area contributed by atoms with Crippen molar-refractivity contribution >= 4 is 19.8 Å². The van der Waals surface area contributed by atoms with Gasteiger partial charge in [-0.3, -0.25) is 18.6 Å². The Morgan fingerprint density at radius 3 is 1.16 bits per heavy atom. The maximum Gasteiger partial charge on any atom is 0.472 e. The Hall–Kier alpha value is -2.81. The second-order valence-corrected chi connectivity index (χ2v) is 22.8. The summed E-state index contributed by atoms with van der Waals surface area (Å²) in [7, 11) is 1.47. The van der Waals surface area contributed by atoms with Crippen LogP contribution in [-0.4, -0.2) is 74.9 Å². The number of ether oxygens (including phenoxy) is 2. The summed E-state index contributed by atoms with van der Waals surface area (Å²) in [4.78, 5) is 35.5. The van der Waals surface area contributed by atoms with Crippen LogP contribution in [0.4, 0.5) is 0 Å². The first kappa shape index (κ1) is 71.2. The normalized spacial score (nSPS) is 13.9. The highest BCUT2D eigenvalue weighted by Gasteiger charge is 2.27. The number of phosphoric ester groups is 1. The van der Waals surface area contributed by atoms with Crippen molar-refractivity contribution in [2.45, 2.75) is 264 Å². The van der Waals surface area contributed by atoms with Crippen LogP contribution in [0.3, 0.4) is 0 Å². The first-order chi connectivity index (χ1) is 36.0. The predicted molar refractivity (Wildman–Crippen MR) is 316 cm³/mol. The van der Waals surface area contributed by atoms with Crippen LogP contribution in [0.25, 0.3) is 0 Å². The summed E-state index contributed by atoms with van der Waals surface area (Å²) in [5.41, 5.74) is 0. The molecular formula is C64H115NO8P+. The molecule has 1 N–H and O–H groups in total. The zero-order valence-corrected chi connectivity index (χ0v) is 49.5. The molecule has 0 aromatic carbocycles. The van der Waals surface area contributed by atoms with Gasteiger partial charge in [-0.15, -0.1) is 0 Å². The summed E-state index contributed by atoms with van der Waals surface area (Å²) in [6.07, 6.45) is 74.0. The second-order valence-electron chi connectivity index (χ2n) is 21.4. The number of carbonyl (C=O) groups is 2. The first-order valence-corrected chi connectivity index (χ1v) is 31.8. The molecule has 0 radical (unpaired) electrons. The second kappa shape index (κ2) is 55.0. The van der Waals surface area contributed by atoms with Crippen LogP contribution >= 0.6 is 7.82 Å². The number of likely N-dealkylation sites (N-methyl/N-ethyl adjacent to an activating group) is 1. The van der Waals surface area contributed by atoms with Crippen molar-refractivity contribution in [3.05, 3.63) is 85.1 Å². The molecule has 2 unspecified atom stereocenters. The van der Waals surface area contributed by atoms with Gasteiger partial charge >= 0.3 is 19.8 Å². The molecule has 0 saturated carbocycles. The fourth-order valence-corrected chi connectivity index (χ4v) is 8.98. The van der Waals surface area contributed by atoms with E-state index >= 15 is 0 Å². The summed E-state index contributed by atoms with van der Waals surface area (Å²) in [5, 5.41) is 0. The lowest BCUT2D eigenvalue weighted by molar-refractivity contribution is -0.870. The molecule has 2 atom stereocenters. The largest absolute Gasteiger partial charge is 0.472 e. The van der Waals surface area contributed by atoms with Crippen LogP contribution in [0.15, 0.2) is 85.1 Å². The molecule has 0 amide bonds. The standard InChI is InChI=1S/C64H114NO8P/c1-6-8-10-12-14-16-18-19-20-21-22-23-24-25-26-27-28-29-30-31-32-33-34-35-36-37-38-39-40-41-42-43-44-45-47-49-51-53-55-57-64(67)73-62(61-72-74(68,69)71-59-58-65(3,4)5)60-70-63(66)56-54-52-50-48-46-17-15-13-11-9-7-2/h8,10,13-16,19-20,22-23,25-26,28-29,62H,6-7,9,11-12,17-18,21,24,27,30-61H2,1-5H3/p+1/b10-8-,15-13-,16-14-,20-19-,23-22-,26-25-,29-28-. The Bertz CT molecular complexity index is 1520. The molecule has 0 fully saturated rings. The van der Waals surface area contributed by atoms with E-state index in [1.807, 2.05) is 21.1 Å². The fraction of sp³-hybridized carbons (Fsp3) is 0.750. The first-order valence-electron chi connectivity index (χ1n) is 30.3. The summed E-state index contributed by atoms with van der Waals surface area (Å²) in [6.45, 7) is 4.28. The van der Waals surface area contributed by atoms with Gasteiger partial charge in [0, 0.05) is 12.8 Å². The van der Waals surface area contributed by atoms with E-state index in [1.165, 1.54) is 128 Å². The lowest BCUT2D eigenvalue weighted by atomic mass is 10.0. The molecule has 9 nitrogen and oxygen atoms in total. The summed E-state index contributed by atoms with van der Waals surface area (Å²) < 4.78 is 34.5. The summed E-state index contributed by atoms with van der Waals surface area (Å²) in [6, 6.07) is 0. The Balaban J connectivity index is 3.91. The van der Waals surface area contributed by atoms with Gasteiger partial charge in [0.25, 0.3) is 0 Å². The minimum atomic E-state index is -4.38. The number of esters is 2. The number of quaternary nitrogens is 1. The predicted octanol–water partition coefficient (Wildman–Crippen LogP) is 19.0. The van der Waals surface area contributed by atoms with Gasteiger partial charge in [0.15, 0.2) is 6.10 Å². The molecule has 0 aromatic rings. The fourth-order valence-electron chi connectivity index (χ4n) is 8.24. The monoisotopic (exact) mass is 1060 g/mol. The molecule has 0 rings (SSSR count). The Labute approximate surface area is 456 Å². The van der Waals surface area contributed by atoms with Crippen LogP contribution in [0.1, 0.15) is 258 Å². The van der Waals surface area contributed by atoms with Crippen LogP contribution in [-0.2, 0) is 32.7 Å². The number of allylic oxidation sites excluding steroid dienone is 14. The van der Waals surface area contributed by atoms with E-state index in [0.29, 0.717) is 17.4 Å². The van der Waals surface area contributed by atoms with E-state index in [9.17, 15) is 19.0 Å². The van der Waals surface area contributed by atoms with Crippen molar-refractivity contribution in [1.29, 1.82) is 0 Å². The van der Waals surface area contributed by atoms with Crippen molar-refractivity contribution in [3.8, 4) is 0 Å². The quantitative estimate of drug-likeness (QED) is 0.0211. The Kier molecular flexibility index (Phi) is 52.9. The lowest BCUT2D eigenvalue weighted by Crippen LogP contribution is -2.37. The van der Waals surface area contributed by atoms with E-state index in [2.05, 4.69) is 98.9 Å². The molecule has 0 bridgehead atoms. The van der Waals surface area contributed by atoms with Crippen LogP contribution in [0.5, 0.6) is 0 Å². The number of unbranched alkanes of at least 4 members (excludes halogenated alkanes) is 27. The highest BCUT2D eigenvalue weighted by atomic mass is 31.2. The van der Waals surface area contributed by atoms with E-state index in [4.69, 9.17) is 18.5 Å². The van der Waals surface area contributed by atoms with Gasteiger partial charge in [0.05, 0.1) is 27.7 Å². The number of carbonyl (C=O) groups excluding carboxylic acids is 2. The third-order valence-electron chi connectivity index (χ3n) is 12.9. The molecule has 0 spiro atoms. The van der Waals surface area contributed by atoms with Gasteiger partial charge in [-0.25, -0.2) is 4.57 Å². The number of hydrogen-bond acceptors (Lipinski definition) is 7. The van der Waals surface area contributed by atoms with E-state index in [-0.39, 0.29) is 32.0 Å². The minimum Gasteiger partial charge on any atom is -0.462 e. The van der Waals surface area contributed by atoms with Crippen molar-refractivity contribution in [1.82, 2.24) is 0 Å². The lowest BCUT2D eigenvalue weighted by Gasteiger charge is -2.24. The highest BCUT2D eigenvalue weighted by Crippen LogP contribution is 2.43. The van der Waals surface area contributed by atoms with Gasteiger partial charge < -0.3 is 18.9 Å². The smallest absolute Gasteiger partial charge is 0.462 e. The van der Waals surface area contributed by atoms with Gasteiger partial charge in [-0.1, -0.05) is 247 Å². The van der Waals surface area contributed by atoms with Gasteiger partial charge in [0.1, 0.15) is 19.8 Å². The zero-order chi connectivity index (χ0) is 54.2. The topological polar surface area (TPSA) is 108 Å². The number of hydrogen-bond donors (Lipinski definition) is 1. The molecule has 0 heterocycles. The van der Waals surface area contributed by atoms with Crippen molar-refractivity contribution in [3.63, 3.8) is 0 Å². The summed E-state index contributed by atoms with van der Waals surface area (Å²) in [5.74, 6) is -0.804. The third kappa shape index (κ3) is 58.5. The molecule has 0 aliphatic rings. The highest BCUT2D eigenvalue weighted by molar-refractivity contribution is 7.47. The van der Waals surface area contributed by atoms with Crippen LogP contribution < -0.4 is 0 Å². The molecule has 0 aromatic heterocycles. The minimum absolute atomic E-state index is 0.0297. The molecule has 10 heteroatoms. The maximum absolute atomic E-state index is 12.8. The molecule has 74 heavy (non-hydrogen) atoms. The van der Waals surface area contributed by atoms with E-state index in [0.717, 1.165) is 96.3 Å². The average molecular weight is 1060 g/mol. The maximum atomic E-state index is 12.8. The number of nitrogens with zero attached hydrogens (tertiary/aromatic N) is 1. The van der Waals surface area contributed by atoms with Gasteiger partial charge in [-0.2, -0.15) is 0 Å². The average Bonchev–Trinajstić information content (AvgIpc) is 3.36. The van der Waals surface area contributed by atoms with E-state index < -0.39 is 26.5 Å². The summed E-state index contributed by atoms with van der Waals surface area (Å²) >= 11 is 0. The van der Waals surface area contributed by atoms with Crippen molar-refractivity contribution in [2.24, 2.45) is 0 Å². The van der Waals surface area contributed by atoms with E-state index in [1.54, 1.807) is 0 Å². The van der Waals surface area contributed by atoms with Crippen molar-refractivity contribution in [2.75, 3.05) is 47.5 Å². The molecule has 0 aliphatic heterocycles. The molecule has 0 saturated heterocycles. The third-order valence-corrected chi connectivity index (χ3v) is 13.9. The molecule has 428 valence electrons. The van der Waals surface area contributed by atoms with Gasteiger partial charge in [0.2, 0.25) is 0 Å². The molecule has 0 aliphatic carbocycles.